The molecule has 2 saturated heterocycles. The minimum absolute atomic E-state index is 0.0293. The fourth-order valence-electron chi connectivity index (χ4n) is 7.57. The fraction of sp³-hybridized carbons (Fsp3) is 0.485. The average Bonchev–Trinajstić information content (AvgIpc) is 3.55. The molecule has 1 saturated carbocycles. The molecule has 8 atom stereocenters. The van der Waals surface area contributed by atoms with Crippen molar-refractivity contribution in [2.75, 3.05) is 5.32 Å². The number of ether oxygens (including phenoxy) is 1. The number of likely N-dealkylation sites (tertiary alicyclic amines) is 1. The van der Waals surface area contributed by atoms with Crippen molar-refractivity contribution in [1.82, 2.24) is 10.2 Å². The van der Waals surface area contributed by atoms with Crippen LogP contribution < -0.4 is 10.6 Å². The summed E-state index contributed by atoms with van der Waals surface area (Å²) in [6, 6.07) is 11.0. The van der Waals surface area contributed by atoms with E-state index in [4.69, 9.17) is 4.74 Å². The predicted molar refractivity (Wildman–Crippen MR) is 153 cm³/mol. The molecule has 8 heteroatoms. The molecular formula is C33H38FN3O4. The van der Waals surface area contributed by atoms with Crippen LogP contribution in [0.25, 0.3) is 0 Å². The van der Waals surface area contributed by atoms with Crippen molar-refractivity contribution in [1.29, 1.82) is 0 Å². The summed E-state index contributed by atoms with van der Waals surface area (Å²) in [5.41, 5.74) is 1.68. The summed E-state index contributed by atoms with van der Waals surface area (Å²) in [5, 5.41) is 6.23. The van der Waals surface area contributed by atoms with Gasteiger partial charge in [-0.2, -0.15) is 0 Å². The van der Waals surface area contributed by atoms with Crippen LogP contribution in [-0.2, 0) is 25.7 Å². The molecule has 6 rings (SSSR count). The average molecular weight is 560 g/mol. The van der Waals surface area contributed by atoms with Crippen LogP contribution in [0, 0.1) is 43.3 Å². The smallest absolute Gasteiger partial charge is 0.246 e. The Balaban J connectivity index is 1.34. The number of hydrogen-bond donors (Lipinski definition) is 2. The van der Waals surface area contributed by atoms with Crippen LogP contribution in [-0.4, -0.2) is 46.4 Å². The molecule has 0 radical (unpaired) electrons. The summed E-state index contributed by atoms with van der Waals surface area (Å²) in [7, 11) is 0. The highest BCUT2D eigenvalue weighted by Crippen LogP contribution is 2.55. The van der Waals surface area contributed by atoms with E-state index in [0.717, 1.165) is 30.4 Å². The number of halogens is 1. The standard InChI is InChI=1S/C33H38FN3O4/c1-18-14-19(2)16-23(15-18)35-30(38)27-26-12-13-33(41-26)28(27)32(40)37(17-22-9-5-6-10-24(22)34)29(33)31(39)36-25-11-7-8-20(3)21(25)4/h5-6,9-10,12-16,20-21,25-29H,7-8,11,17H2,1-4H3,(H,35,38)(H,36,39). The number of amides is 3. The SMILES string of the molecule is Cc1cc(C)cc(NC(=O)C2C3C=CC4(O3)C2C(=O)N(Cc2ccccc2F)C4C(=O)NC2CCCC(C)C2C)c1. The maximum Gasteiger partial charge on any atom is 0.246 e. The molecule has 2 aromatic carbocycles. The molecule has 1 aliphatic carbocycles. The number of anilines is 1. The molecule has 216 valence electrons. The normalized spacial score (nSPS) is 33.6. The highest BCUT2D eigenvalue weighted by molar-refractivity contribution is 6.02. The van der Waals surface area contributed by atoms with Gasteiger partial charge in [0.25, 0.3) is 0 Å². The van der Waals surface area contributed by atoms with E-state index in [2.05, 4.69) is 24.5 Å². The Kier molecular flexibility index (Phi) is 7.00. The van der Waals surface area contributed by atoms with Crippen molar-refractivity contribution in [3.63, 3.8) is 0 Å². The van der Waals surface area contributed by atoms with Gasteiger partial charge in [-0.05, 0) is 61.4 Å². The first-order chi connectivity index (χ1) is 19.6. The lowest BCUT2D eigenvalue weighted by Crippen LogP contribution is -2.57. The quantitative estimate of drug-likeness (QED) is 0.504. The second-order valence-electron chi connectivity index (χ2n) is 12.5. The molecule has 3 aliphatic heterocycles. The van der Waals surface area contributed by atoms with Crippen LogP contribution in [0.15, 0.2) is 54.6 Å². The number of hydrogen-bond acceptors (Lipinski definition) is 4. The largest absolute Gasteiger partial charge is 0.359 e. The zero-order valence-electron chi connectivity index (χ0n) is 24.0. The number of carbonyl (C=O) groups excluding carboxylic acids is 3. The van der Waals surface area contributed by atoms with Crippen LogP contribution >= 0.6 is 0 Å². The van der Waals surface area contributed by atoms with E-state index < -0.39 is 35.4 Å². The van der Waals surface area contributed by atoms with Gasteiger partial charge in [-0.3, -0.25) is 14.4 Å². The number of nitrogens with one attached hydrogen (secondary N) is 2. The number of carbonyl (C=O) groups is 3. The van der Waals surface area contributed by atoms with E-state index in [1.807, 2.05) is 32.0 Å². The second kappa shape index (κ2) is 10.4. The van der Waals surface area contributed by atoms with Crippen molar-refractivity contribution < 1.29 is 23.5 Å². The first-order valence-electron chi connectivity index (χ1n) is 14.7. The van der Waals surface area contributed by atoms with Gasteiger partial charge >= 0.3 is 0 Å². The molecule has 8 unspecified atom stereocenters. The Morgan fingerprint density at radius 2 is 1.80 bits per heavy atom. The Hall–Kier alpha value is -3.52. The van der Waals surface area contributed by atoms with Crippen LogP contribution in [0.2, 0.25) is 0 Å². The molecule has 41 heavy (non-hydrogen) atoms. The van der Waals surface area contributed by atoms with Gasteiger partial charge in [-0.15, -0.1) is 0 Å². The molecule has 3 amide bonds. The molecule has 1 spiro atoms. The summed E-state index contributed by atoms with van der Waals surface area (Å²) in [6.45, 7) is 8.17. The number of rotatable bonds is 6. The van der Waals surface area contributed by atoms with Gasteiger partial charge in [0, 0.05) is 23.8 Å². The molecule has 0 aromatic heterocycles. The Bertz CT molecular complexity index is 1400. The molecule has 3 fully saturated rings. The minimum Gasteiger partial charge on any atom is -0.359 e. The molecule has 2 N–H and O–H groups in total. The lowest BCUT2D eigenvalue weighted by molar-refractivity contribution is -0.142. The third-order valence-corrected chi connectivity index (χ3v) is 9.75. The Labute approximate surface area is 240 Å². The van der Waals surface area contributed by atoms with Crippen molar-refractivity contribution in [2.24, 2.45) is 23.7 Å². The van der Waals surface area contributed by atoms with Crippen LogP contribution in [0.1, 0.15) is 49.8 Å². The van der Waals surface area contributed by atoms with Crippen LogP contribution in [0.3, 0.4) is 0 Å². The van der Waals surface area contributed by atoms with Crippen LogP contribution in [0.4, 0.5) is 10.1 Å². The summed E-state index contributed by atoms with van der Waals surface area (Å²) in [4.78, 5) is 43.5. The third-order valence-electron chi connectivity index (χ3n) is 9.75. The van der Waals surface area contributed by atoms with Crippen molar-refractivity contribution in [2.45, 2.75) is 77.3 Å². The van der Waals surface area contributed by atoms with Gasteiger partial charge in [-0.1, -0.05) is 63.1 Å². The number of benzene rings is 2. The summed E-state index contributed by atoms with van der Waals surface area (Å²) in [5.74, 6) is -2.42. The van der Waals surface area contributed by atoms with Gasteiger partial charge in [0.1, 0.15) is 17.5 Å². The molecule has 2 bridgehead atoms. The highest BCUT2D eigenvalue weighted by Gasteiger charge is 2.72. The molecule has 4 aliphatic rings. The maximum absolute atomic E-state index is 14.8. The molecular weight excluding hydrogens is 521 g/mol. The minimum atomic E-state index is -1.30. The van der Waals surface area contributed by atoms with Crippen LogP contribution in [0.5, 0.6) is 0 Å². The van der Waals surface area contributed by atoms with E-state index in [-0.39, 0.29) is 36.2 Å². The van der Waals surface area contributed by atoms with Gasteiger partial charge in [-0.25, -0.2) is 4.39 Å². The van der Waals surface area contributed by atoms with Crippen molar-refractivity contribution >= 4 is 23.4 Å². The fourth-order valence-corrected chi connectivity index (χ4v) is 7.57. The van der Waals surface area contributed by atoms with Gasteiger partial charge in [0.05, 0.1) is 17.9 Å². The lowest BCUT2D eigenvalue weighted by Gasteiger charge is -2.38. The zero-order chi connectivity index (χ0) is 29.1. The summed E-state index contributed by atoms with van der Waals surface area (Å²) in [6.07, 6.45) is 5.96. The van der Waals surface area contributed by atoms with E-state index in [1.54, 1.807) is 30.4 Å². The van der Waals surface area contributed by atoms with Gasteiger partial charge < -0.3 is 20.3 Å². The molecule has 7 nitrogen and oxygen atoms in total. The highest BCUT2D eigenvalue weighted by atomic mass is 19.1. The zero-order valence-corrected chi connectivity index (χ0v) is 24.0. The lowest BCUT2D eigenvalue weighted by atomic mass is 9.73. The monoisotopic (exact) mass is 559 g/mol. The Morgan fingerprint density at radius 3 is 2.54 bits per heavy atom. The van der Waals surface area contributed by atoms with E-state index in [0.29, 0.717) is 17.2 Å². The molecule has 2 aromatic rings. The summed E-state index contributed by atoms with van der Waals surface area (Å²) < 4.78 is 21.3. The predicted octanol–water partition coefficient (Wildman–Crippen LogP) is 4.67. The number of nitrogens with zero attached hydrogens (tertiary/aromatic N) is 1. The second-order valence-corrected chi connectivity index (χ2v) is 12.5. The van der Waals surface area contributed by atoms with E-state index in [1.165, 1.54) is 11.0 Å². The summed E-state index contributed by atoms with van der Waals surface area (Å²) >= 11 is 0. The first kappa shape index (κ1) is 27.6. The first-order valence-corrected chi connectivity index (χ1v) is 14.7. The topological polar surface area (TPSA) is 87.7 Å². The van der Waals surface area contributed by atoms with E-state index >= 15 is 0 Å². The van der Waals surface area contributed by atoms with Gasteiger partial charge in [0.2, 0.25) is 17.7 Å². The van der Waals surface area contributed by atoms with Crippen molar-refractivity contribution in [3.8, 4) is 0 Å². The Morgan fingerprint density at radius 1 is 1.07 bits per heavy atom. The third kappa shape index (κ3) is 4.66. The van der Waals surface area contributed by atoms with Gasteiger partial charge in [0.15, 0.2) is 0 Å². The van der Waals surface area contributed by atoms with Crippen molar-refractivity contribution in [3.05, 3.63) is 77.1 Å². The number of aryl methyl sites for hydroxylation is 2. The molecule has 3 heterocycles. The van der Waals surface area contributed by atoms with E-state index in [9.17, 15) is 18.8 Å². The number of fused-ring (bicyclic) bond motifs is 1. The maximum atomic E-state index is 14.8.